The molecule has 37 heavy (non-hydrogen) atoms. The van der Waals surface area contributed by atoms with Crippen molar-refractivity contribution in [1.29, 1.82) is 0 Å². The summed E-state index contributed by atoms with van der Waals surface area (Å²) >= 11 is 5.32. The number of ether oxygens (including phenoxy) is 1. The van der Waals surface area contributed by atoms with Crippen molar-refractivity contribution in [3.05, 3.63) is 89.5 Å². The minimum absolute atomic E-state index is 0.221. The quantitative estimate of drug-likeness (QED) is 0.139. The Hall–Kier alpha value is -4.25. The molecule has 0 aliphatic rings. The van der Waals surface area contributed by atoms with Crippen molar-refractivity contribution in [3.8, 4) is 5.75 Å². The van der Waals surface area contributed by atoms with Crippen LogP contribution >= 0.6 is 12.2 Å². The van der Waals surface area contributed by atoms with Gasteiger partial charge in [-0.15, -0.1) is 13.2 Å². The third kappa shape index (κ3) is 9.37. The highest BCUT2D eigenvalue weighted by Crippen LogP contribution is 2.24. The normalized spacial score (nSPS) is 12.2. The molecular formula is C26H25F3N6OS. The monoisotopic (exact) mass is 526 g/mol. The van der Waals surface area contributed by atoms with Gasteiger partial charge in [-0.1, -0.05) is 55.8 Å². The molecule has 0 saturated heterocycles. The fourth-order valence-corrected chi connectivity index (χ4v) is 3.31. The Morgan fingerprint density at radius 2 is 1.73 bits per heavy atom. The summed E-state index contributed by atoms with van der Waals surface area (Å²) in [6.07, 6.45) is 0.0876. The van der Waals surface area contributed by atoms with E-state index in [1.165, 1.54) is 24.0 Å². The zero-order chi connectivity index (χ0) is 26.7. The Labute approximate surface area is 218 Å². The first kappa shape index (κ1) is 27.3. The predicted octanol–water partition coefficient (Wildman–Crippen LogP) is 5.92. The van der Waals surface area contributed by atoms with E-state index in [4.69, 9.17) is 18.0 Å². The van der Waals surface area contributed by atoms with Crippen molar-refractivity contribution in [3.63, 3.8) is 0 Å². The molecule has 0 spiro atoms. The van der Waals surface area contributed by atoms with E-state index < -0.39 is 6.36 Å². The zero-order valence-electron chi connectivity index (χ0n) is 19.9. The van der Waals surface area contributed by atoms with E-state index in [0.717, 1.165) is 36.2 Å². The van der Waals surface area contributed by atoms with Gasteiger partial charge in [0.2, 0.25) is 0 Å². The number of nitrogens with zero attached hydrogens (tertiary/aromatic N) is 3. The van der Waals surface area contributed by atoms with E-state index in [1.54, 1.807) is 18.3 Å². The number of halogens is 3. The summed E-state index contributed by atoms with van der Waals surface area (Å²) in [5.74, 6) is -0.109. The van der Waals surface area contributed by atoms with Crippen molar-refractivity contribution >= 4 is 47.1 Å². The first-order valence-corrected chi connectivity index (χ1v) is 11.6. The number of hydrazone groups is 1. The molecule has 0 fully saturated rings. The SMILES string of the molecule is CCCc1ccccc1NC(=S)N/N=C/c1ccc(C(N)=NC=Nc2ccc(OC(F)(F)F)cc2)cc1. The maximum atomic E-state index is 12.2. The van der Waals surface area contributed by atoms with Crippen molar-refractivity contribution in [2.45, 2.75) is 26.1 Å². The van der Waals surface area contributed by atoms with Crippen LogP contribution < -0.4 is 21.2 Å². The van der Waals surface area contributed by atoms with Crippen LogP contribution in [0.15, 0.2) is 87.9 Å². The van der Waals surface area contributed by atoms with Crippen LogP contribution in [0.5, 0.6) is 5.75 Å². The number of nitrogens with one attached hydrogen (secondary N) is 2. The topological polar surface area (TPSA) is 96.4 Å². The third-order valence-corrected chi connectivity index (χ3v) is 5.04. The molecule has 192 valence electrons. The largest absolute Gasteiger partial charge is 0.573 e. The van der Waals surface area contributed by atoms with Crippen LogP contribution in [0, 0.1) is 0 Å². The molecule has 3 aromatic rings. The lowest BCUT2D eigenvalue weighted by Crippen LogP contribution is -2.24. The van der Waals surface area contributed by atoms with Gasteiger partial charge < -0.3 is 15.8 Å². The van der Waals surface area contributed by atoms with Crippen molar-refractivity contribution in [1.82, 2.24) is 5.43 Å². The van der Waals surface area contributed by atoms with Gasteiger partial charge in [0.1, 0.15) is 17.9 Å². The van der Waals surface area contributed by atoms with Crippen molar-refractivity contribution in [2.75, 3.05) is 5.32 Å². The molecule has 3 rings (SSSR count). The standard InChI is InChI=1S/C26H25F3N6OS/c1-2-5-19-6-3-4-7-23(19)34-25(37)35-33-16-18-8-10-20(11-9-18)24(30)32-17-31-21-12-14-22(15-13-21)36-26(27,28)29/h3-4,6-17H,2,5H2,1H3,(H2,30,31,32)(H2,34,35,37)/b33-16+. The molecule has 0 atom stereocenters. The van der Waals surface area contributed by atoms with E-state index in [0.29, 0.717) is 16.4 Å². The summed E-state index contributed by atoms with van der Waals surface area (Å²) in [5.41, 5.74) is 12.8. The van der Waals surface area contributed by atoms with E-state index >= 15 is 0 Å². The third-order valence-electron chi connectivity index (χ3n) is 4.84. The van der Waals surface area contributed by atoms with Crippen LogP contribution in [0.3, 0.4) is 0 Å². The van der Waals surface area contributed by atoms with Crippen LogP contribution in [0.2, 0.25) is 0 Å². The Morgan fingerprint density at radius 1 is 1.03 bits per heavy atom. The highest BCUT2D eigenvalue weighted by atomic mass is 32.1. The molecule has 0 bridgehead atoms. The minimum atomic E-state index is -4.74. The second-order valence-corrected chi connectivity index (χ2v) is 8.06. The van der Waals surface area contributed by atoms with Gasteiger partial charge in [0.25, 0.3) is 0 Å². The second kappa shape index (κ2) is 13.2. The van der Waals surface area contributed by atoms with E-state index in [1.807, 2.05) is 30.3 Å². The molecule has 7 nitrogen and oxygen atoms in total. The lowest BCUT2D eigenvalue weighted by Gasteiger charge is -2.11. The number of amidine groups is 1. The average Bonchev–Trinajstić information content (AvgIpc) is 2.86. The molecule has 0 heterocycles. The number of alkyl halides is 3. The maximum absolute atomic E-state index is 12.2. The van der Waals surface area contributed by atoms with Gasteiger partial charge in [-0.3, -0.25) is 5.43 Å². The van der Waals surface area contributed by atoms with E-state index in [9.17, 15) is 13.2 Å². The molecule has 11 heteroatoms. The molecule has 0 aromatic heterocycles. The van der Waals surface area contributed by atoms with Gasteiger partial charge in [-0.05, 0) is 60.1 Å². The van der Waals surface area contributed by atoms with Gasteiger partial charge in [0.15, 0.2) is 5.11 Å². The molecule has 3 aromatic carbocycles. The number of thiocarbonyl (C=S) groups is 1. The first-order valence-electron chi connectivity index (χ1n) is 11.2. The number of aryl methyl sites for hydroxylation is 1. The van der Waals surface area contributed by atoms with Crippen LogP contribution in [-0.4, -0.2) is 29.9 Å². The molecule has 0 unspecified atom stereocenters. The van der Waals surface area contributed by atoms with Crippen molar-refractivity contribution < 1.29 is 17.9 Å². The summed E-state index contributed by atoms with van der Waals surface area (Å²) in [6.45, 7) is 2.12. The van der Waals surface area contributed by atoms with Gasteiger partial charge >= 0.3 is 6.36 Å². The minimum Gasteiger partial charge on any atom is -0.406 e. The predicted molar refractivity (Wildman–Crippen MR) is 146 cm³/mol. The number of para-hydroxylation sites is 1. The second-order valence-electron chi connectivity index (χ2n) is 7.65. The molecular weight excluding hydrogens is 501 g/mol. The molecule has 0 aliphatic carbocycles. The Balaban J connectivity index is 1.52. The Kier molecular flexibility index (Phi) is 9.73. The van der Waals surface area contributed by atoms with Gasteiger partial charge in [0, 0.05) is 11.3 Å². The number of aliphatic imine (C=N–C) groups is 2. The lowest BCUT2D eigenvalue weighted by molar-refractivity contribution is -0.274. The van der Waals surface area contributed by atoms with E-state index in [-0.39, 0.29) is 11.6 Å². The fraction of sp³-hybridized carbons (Fsp3) is 0.154. The average molecular weight is 527 g/mol. The van der Waals surface area contributed by atoms with Crippen molar-refractivity contribution in [2.24, 2.45) is 20.8 Å². The summed E-state index contributed by atoms with van der Waals surface area (Å²) in [5, 5.41) is 7.71. The van der Waals surface area contributed by atoms with Crippen LogP contribution in [0.25, 0.3) is 0 Å². The number of anilines is 1. The number of rotatable bonds is 9. The van der Waals surface area contributed by atoms with Crippen LogP contribution in [0.1, 0.15) is 30.0 Å². The highest BCUT2D eigenvalue weighted by Gasteiger charge is 2.30. The summed E-state index contributed by atoms with van der Waals surface area (Å²) in [4.78, 5) is 8.12. The molecule has 4 N–H and O–H groups in total. The highest BCUT2D eigenvalue weighted by molar-refractivity contribution is 7.80. The maximum Gasteiger partial charge on any atom is 0.573 e. The Bertz CT molecular complexity index is 1270. The van der Waals surface area contributed by atoms with Gasteiger partial charge in [-0.2, -0.15) is 5.10 Å². The van der Waals surface area contributed by atoms with Crippen LogP contribution in [0.4, 0.5) is 24.5 Å². The lowest BCUT2D eigenvalue weighted by atomic mass is 10.1. The van der Waals surface area contributed by atoms with Gasteiger partial charge in [-0.25, -0.2) is 9.98 Å². The zero-order valence-corrected chi connectivity index (χ0v) is 20.7. The molecule has 0 amide bonds. The smallest absolute Gasteiger partial charge is 0.406 e. The summed E-state index contributed by atoms with van der Waals surface area (Å²) in [7, 11) is 0. The van der Waals surface area contributed by atoms with Gasteiger partial charge in [0.05, 0.1) is 11.9 Å². The summed E-state index contributed by atoms with van der Waals surface area (Å²) < 4.78 is 40.5. The fourth-order valence-electron chi connectivity index (χ4n) is 3.15. The number of nitrogens with two attached hydrogens (primary N) is 1. The molecule has 0 saturated carbocycles. The van der Waals surface area contributed by atoms with Crippen LogP contribution in [-0.2, 0) is 6.42 Å². The number of hydrogen-bond donors (Lipinski definition) is 3. The molecule has 0 aliphatic heterocycles. The number of benzene rings is 3. The molecule has 0 radical (unpaired) electrons. The summed E-state index contributed by atoms with van der Waals surface area (Å²) in [6, 6.07) is 20.2. The number of hydrogen-bond acceptors (Lipinski definition) is 4. The Morgan fingerprint density at radius 3 is 2.41 bits per heavy atom. The van der Waals surface area contributed by atoms with E-state index in [2.05, 4.69) is 43.6 Å². The first-order chi connectivity index (χ1) is 17.7.